The third-order valence-electron chi connectivity index (χ3n) is 2.96. The maximum atomic E-state index is 6.15. The second kappa shape index (κ2) is 5.95. The highest BCUT2D eigenvalue weighted by Gasteiger charge is 2.15. The zero-order chi connectivity index (χ0) is 12.1. The van der Waals surface area contributed by atoms with Gasteiger partial charge in [-0.1, -0.05) is 6.07 Å². The molecule has 0 radical (unpaired) electrons. The molecule has 0 aromatic carbocycles. The first-order chi connectivity index (χ1) is 8.29. The van der Waals surface area contributed by atoms with Crippen molar-refractivity contribution in [1.29, 1.82) is 0 Å². The highest BCUT2D eigenvalue weighted by molar-refractivity contribution is 5.20. The van der Waals surface area contributed by atoms with Crippen molar-refractivity contribution in [3.63, 3.8) is 0 Å². The molecule has 1 saturated heterocycles. The van der Waals surface area contributed by atoms with E-state index in [1.54, 1.807) is 13.3 Å². The lowest BCUT2D eigenvalue weighted by molar-refractivity contribution is 0.0352. The van der Waals surface area contributed by atoms with Crippen LogP contribution in [-0.4, -0.2) is 49.8 Å². The lowest BCUT2D eigenvalue weighted by Crippen LogP contribution is -2.40. The third-order valence-corrected chi connectivity index (χ3v) is 2.96. The van der Waals surface area contributed by atoms with Gasteiger partial charge >= 0.3 is 0 Å². The highest BCUT2D eigenvalue weighted by Crippen LogP contribution is 2.14. The first-order valence-corrected chi connectivity index (χ1v) is 5.85. The molecule has 0 saturated carbocycles. The fourth-order valence-corrected chi connectivity index (χ4v) is 1.90. The standard InChI is InChI=1S/C12H19N3O2/c1-16-12-3-2-10(8-14-12)11(13)9-15-4-6-17-7-5-15/h2-3,8,11H,4-7,9,13H2,1H3. The van der Waals surface area contributed by atoms with Crippen molar-refractivity contribution in [2.75, 3.05) is 40.0 Å². The Morgan fingerprint density at radius 1 is 1.47 bits per heavy atom. The van der Waals surface area contributed by atoms with Gasteiger partial charge in [0.2, 0.25) is 5.88 Å². The van der Waals surface area contributed by atoms with E-state index in [-0.39, 0.29) is 6.04 Å². The maximum absolute atomic E-state index is 6.15. The molecule has 5 nitrogen and oxygen atoms in total. The predicted molar refractivity (Wildman–Crippen MR) is 65.0 cm³/mol. The predicted octanol–water partition coefficient (Wildman–Crippen LogP) is 0.422. The van der Waals surface area contributed by atoms with Gasteiger partial charge in [0, 0.05) is 37.9 Å². The summed E-state index contributed by atoms with van der Waals surface area (Å²) in [5.74, 6) is 0.618. The minimum Gasteiger partial charge on any atom is -0.481 e. The van der Waals surface area contributed by atoms with Crippen LogP contribution in [0, 0.1) is 0 Å². The molecular weight excluding hydrogens is 218 g/mol. The van der Waals surface area contributed by atoms with E-state index in [2.05, 4.69) is 9.88 Å². The minimum absolute atomic E-state index is 0.00786. The van der Waals surface area contributed by atoms with Crippen molar-refractivity contribution in [1.82, 2.24) is 9.88 Å². The molecule has 0 amide bonds. The summed E-state index contributed by atoms with van der Waals surface area (Å²) < 4.78 is 10.3. The smallest absolute Gasteiger partial charge is 0.212 e. The monoisotopic (exact) mass is 237 g/mol. The van der Waals surface area contributed by atoms with Crippen LogP contribution >= 0.6 is 0 Å². The SMILES string of the molecule is COc1ccc(C(N)CN2CCOCC2)cn1. The van der Waals surface area contributed by atoms with E-state index in [0.717, 1.165) is 38.4 Å². The molecule has 17 heavy (non-hydrogen) atoms. The zero-order valence-corrected chi connectivity index (χ0v) is 10.1. The van der Waals surface area contributed by atoms with Crippen molar-refractivity contribution in [3.8, 4) is 5.88 Å². The molecule has 0 aliphatic carbocycles. The quantitative estimate of drug-likeness (QED) is 0.822. The van der Waals surface area contributed by atoms with Crippen LogP contribution in [0.25, 0.3) is 0 Å². The van der Waals surface area contributed by atoms with Gasteiger partial charge in [0.1, 0.15) is 0 Å². The van der Waals surface area contributed by atoms with Crippen LogP contribution in [0.4, 0.5) is 0 Å². The van der Waals surface area contributed by atoms with Gasteiger partial charge < -0.3 is 15.2 Å². The van der Waals surface area contributed by atoms with Crippen LogP contribution < -0.4 is 10.5 Å². The Labute approximate surface area is 102 Å². The first kappa shape index (κ1) is 12.3. The van der Waals surface area contributed by atoms with Crippen LogP contribution in [0.15, 0.2) is 18.3 Å². The van der Waals surface area contributed by atoms with Gasteiger partial charge in [0.05, 0.1) is 20.3 Å². The molecule has 0 spiro atoms. The zero-order valence-electron chi connectivity index (χ0n) is 10.1. The number of hydrogen-bond donors (Lipinski definition) is 1. The average Bonchev–Trinajstić information content (AvgIpc) is 2.40. The number of pyridine rings is 1. The summed E-state index contributed by atoms with van der Waals surface area (Å²) in [6.45, 7) is 4.35. The molecule has 2 N–H and O–H groups in total. The number of morpholine rings is 1. The fraction of sp³-hybridized carbons (Fsp3) is 0.583. The molecule has 1 aliphatic heterocycles. The van der Waals surface area contributed by atoms with Gasteiger partial charge in [-0.15, -0.1) is 0 Å². The molecule has 1 aromatic heterocycles. The molecular formula is C12H19N3O2. The number of hydrogen-bond acceptors (Lipinski definition) is 5. The summed E-state index contributed by atoms with van der Waals surface area (Å²) in [5.41, 5.74) is 7.19. The molecule has 1 atom stereocenters. The summed E-state index contributed by atoms with van der Waals surface area (Å²) in [6.07, 6.45) is 1.78. The summed E-state index contributed by atoms with van der Waals surface area (Å²) in [6, 6.07) is 3.80. The molecule has 5 heteroatoms. The molecule has 1 fully saturated rings. The van der Waals surface area contributed by atoms with E-state index in [1.807, 2.05) is 12.1 Å². The van der Waals surface area contributed by atoms with Gasteiger partial charge in [-0.25, -0.2) is 4.98 Å². The number of nitrogens with two attached hydrogens (primary N) is 1. The average molecular weight is 237 g/mol. The van der Waals surface area contributed by atoms with Crippen LogP contribution in [0.2, 0.25) is 0 Å². The lowest BCUT2D eigenvalue weighted by Gasteiger charge is -2.29. The van der Waals surface area contributed by atoms with Gasteiger partial charge in [-0.2, -0.15) is 0 Å². The van der Waals surface area contributed by atoms with Crippen molar-refractivity contribution in [2.24, 2.45) is 5.73 Å². The summed E-state index contributed by atoms with van der Waals surface area (Å²) in [7, 11) is 1.61. The van der Waals surface area contributed by atoms with Crippen LogP contribution in [-0.2, 0) is 4.74 Å². The van der Waals surface area contributed by atoms with Gasteiger partial charge in [-0.05, 0) is 5.56 Å². The summed E-state index contributed by atoms with van der Waals surface area (Å²) in [5, 5.41) is 0. The normalized spacial score (nSPS) is 18.9. The third kappa shape index (κ3) is 3.39. The lowest BCUT2D eigenvalue weighted by atomic mass is 10.1. The second-order valence-corrected chi connectivity index (χ2v) is 4.15. The first-order valence-electron chi connectivity index (χ1n) is 5.85. The Kier molecular flexibility index (Phi) is 4.30. The van der Waals surface area contributed by atoms with Gasteiger partial charge in [-0.3, -0.25) is 4.90 Å². The van der Waals surface area contributed by atoms with E-state index in [1.165, 1.54) is 0 Å². The van der Waals surface area contributed by atoms with E-state index >= 15 is 0 Å². The molecule has 2 heterocycles. The minimum atomic E-state index is -0.00786. The number of rotatable bonds is 4. The van der Waals surface area contributed by atoms with E-state index in [4.69, 9.17) is 15.2 Å². The highest BCUT2D eigenvalue weighted by atomic mass is 16.5. The molecule has 2 rings (SSSR count). The number of aromatic nitrogens is 1. The molecule has 1 unspecified atom stereocenters. The fourth-order valence-electron chi connectivity index (χ4n) is 1.90. The Hall–Kier alpha value is -1.17. The second-order valence-electron chi connectivity index (χ2n) is 4.15. The Bertz CT molecular complexity index is 336. The molecule has 1 aromatic rings. The van der Waals surface area contributed by atoms with Crippen LogP contribution in [0.3, 0.4) is 0 Å². The van der Waals surface area contributed by atoms with Crippen LogP contribution in [0.5, 0.6) is 5.88 Å². The molecule has 0 bridgehead atoms. The van der Waals surface area contributed by atoms with Crippen molar-refractivity contribution < 1.29 is 9.47 Å². The Balaban J connectivity index is 1.91. The van der Waals surface area contributed by atoms with E-state index in [9.17, 15) is 0 Å². The Morgan fingerprint density at radius 3 is 2.82 bits per heavy atom. The number of ether oxygens (including phenoxy) is 2. The summed E-state index contributed by atoms with van der Waals surface area (Å²) >= 11 is 0. The van der Waals surface area contributed by atoms with Crippen molar-refractivity contribution >= 4 is 0 Å². The molecule has 1 aliphatic rings. The van der Waals surface area contributed by atoms with Crippen LogP contribution in [0.1, 0.15) is 11.6 Å². The summed E-state index contributed by atoms with van der Waals surface area (Å²) in [4.78, 5) is 6.48. The van der Waals surface area contributed by atoms with Gasteiger partial charge in [0.25, 0.3) is 0 Å². The van der Waals surface area contributed by atoms with E-state index < -0.39 is 0 Å². The van der Waals surface area contributed by atoms with E-state index in [0.29, 0.717) is 5.88 Å². The number of nitrogens with zero attached hydrogens (tertiary/aromatic N) is 2. The number of methoxy groups -OCH3 is 1. The Morgan fingerprint density at radius 2 is 2.24 bits per heavy atom. The van der Waals surface area contributed by atoms with Crippen molar-refractivity contribution in [3.05, 3.63) is 23.9 Å². The van der Waals surface area contributed by atoms with Gasteiger partial charge in [0.15, 0.2) is 0 Å². The molecule has 94 valence electrons. The largest absolute Gasteiger partial charge is 0.481 e. The maximum Gasteiger partial charge on any atom is 0.212 e. The van der Waals surface area contributed by atoms with Crippen molar-refractivity contribution in [2.45, 2.75) is 6.04 Å². The topological polar surface area (TPSA) is 60.6 Å².